The van der Waals surface area contributed by atoms with Gasteiger partial charge in [-0.15, -0.1) is 0 Å². The van der Waals surface area contributed by atoms with E-state index in [1.54, 1.807) is 24.3 Å². The fourth-order valence-corrected chi connectivity index (χ4v) is 8.50. The number of pyridine rings is 1. The number of carbonyl (C=O) groups is 2. The molecule has 2 fully saturated rings. The van der Waals surface area contributed by atoms with E-state index in [0.29, 0.717) is 43.8 Å². The summed E-state index contributed by atoms with van der Waals surface area (Å²) in [6, 6.07) is 15.1. The van der Waals surface area contributed by atoms with Gasteiger partial charge in [-0.2, -0.15) is 0 Å². The quantitative estimate of drug-likeness (QED) is 0.283. The van der Waals surface area contributed by atoms with E-state index < -0.39 is 18.2 Å². The van der Waals surface area contributed by atoms with Crippen LogP contribution in [0.4, 0.5) is 0 Å². The van der Waals surface area contributed by atoms with Crippen LogP contribution in [0.15, 0.2) is 63.7 Å². The number of esters is 1. The van der Waals surface area contributed by atoms with E-state index in [4.69, 9.17) is 21.3 Å². The molecular formula is C33H33AcBr2ClN2O4. The predicted molar refractivity (Wildman–Crippen MR) is 169 cm³/mol. The van der Waals surface area contributed by atoms with Crippen LogP contribution >= 0.6 is 43.5 Å². The molecule has 43 heavy (non-hydrogen) atoms. The number of ether oxygens (including phenoxy) is 1. The molecule has 1 amide bonds. The van der Waals surface area contributed by atoms with E-state index in [1.165, 1.54) is 16.7 Å². The first-order valence-electron chi connectivity index (χ1n) is 14.6. The molecule has 4 atom stereocenters. The van der Waals surface area contributed by atoms with Crippen LogP contribution in [-0.2, 0) is 22.4 Å². The van der Waals surface area contributed by atoms with Gasteiger partial charge in [0.2, 0.25) is 5.91 Å². The smallest absolute Gasteiger partial charge is 0.338 e. The van der Waals surface area contributed by atoms with E-state index >= 15 is 0 Å². The molecule has 6 nitrogen and oxygen atoms in total. The van der Waals surface area contributed by atoms with Crippen LogP contribution in [0.2, 0.25) is 5.02 Å². The Hall–Kier alpha value is -0.818. The number of benzene rings is 2. The molecule has 2 aromatic carbocycles. The van der Waals surface area contributed by atoms with Crippen LogP contribution in [0.5, 0.6) is 0 Å². The zero-order valence-electron chi connectivity index (χ0n) is 23.7. The number of aliphatic hydroxyl groups is 1. The molecule has 3 unspecified atom stereocenters. The van der Waals surface area contributed by atoms with Gasteiger partial charge in [-0.1, -0.05) is 45.7 Å². The van der Waals surface area contributed by atoms with Gasteiger partial charge in [0, 0.05) is 89.2 Å². The number of piperidine rings is 1. The van der Waals surface area contributed by atoms with Gasteiger partial charge < -0.3 is 14.7 Å². The maximum absolute atomic E-state index is 13.6. The third-order valence-corrected chi connectivity index (χ3v) is 10.4. The maximum Gasteiger partial charge on any atom is 0.338 e. The number of hydrogen-bond donors (Lipinski definition) is 1. The molecule has 223 valence electrons. The average molecular weight is 944 g/mol. The van der Waals surface area contributed by atoms with Gasteiger partial charge >= 0.3 is 5.97 Å². The second kappa shape index (κ2) is 14.7. The predicted octanol–water partition coefficient (Wildman–Crippen LogP) is 7.12. The fourth-order valence-electron chi connectivity index (χ4n) is 7.00. The van der Waals surface area contributed by atoms with Gasteiger partial charge in [0.1, 0.15) is 6.10 Å². The van der Waals surface area contributed by atoms with Gasteiger partial charge in [-0.25, -0.2) is 4.79 Å². The molecule has 2 aliphatic carbocycles. The molecule has 1 radical (unpaired) electrons. The van der Waals surface area contributed by atoms with E-state index in [-0.39, 0.29) is 61.8 Å². The monoisotopic (exact) mass is 941 g/mol. The largest absolute Gasteiger partial charge is 0.456 e. The number of amides is 1. The minimum Gasteiger partial charge on any atom is -0.456 e. The SMILES string of the molecule is O=C(OC1CCC(C(=O)N2CCC([C@H]3c4ncc(Br)cc4CCc4cc(Cl)cc(Br)c43)CC2)CC1O)c1ccccc1.[Ac]. The Morgan fingerprint density at radius 2 is 1.70 bits per heavy atom. The van der Waals surface area contributed by atoms with Crippen LogP contribution in [-0.4, -0.2) is 52.2 Å². The molecule has 1 aliphatic heterocycles. The van der Waals surface area contributed by atoms with Crippen molar-refractivity contribution in [2.45, 2.75) is 63.1 Å². The normalized spacial score (nSPS) is 23.8. The number of aromatic nitrogens is 1. The van der Waals surface area contributed by atoms with E-state index in [2.05, 4.69) is 44.0 Å². The third kappa shape index (κ3) is 7.44. The van der Waals surface area contributed by atoms with Gasteiger partial charge in [0.15, 0.2) is 0 Å². The second-order valence-corrected chi connectivity index (χ2v) is 13.9. The van der Waals surface area contributed by atoms with Crippen LogP contribution in [0, 0.1) is 55.9 Å². The minimum atomic E-state index is -0.855. The Morgan fingerprint density at radius 1 is 0.977 bits per heavy atom. The Balaban J connectivity index is 0.00000368. The molecule has 0 bridgehead atoms. The van der Waals surface area contributed by atoms with Crippen LogP contribution < -0.4 is 0 Å². The van der Waals surface area contributed by atoms with E-state index in [0.717, 1.165) is 45.3 Å². The summed E-state index contributed by atoms with van der Waals surface area (Å²) in [4.78, 5) is 33.0. The molecule has 1 saturated heterocycles. The average Bonchev–Trinajstić information content (AvgIpc) is 3.15. The molecule has 1 N–H and O–H groups in total. The van der Waals surface area contributed by atoms with E-state index in [9.17, 15) is 14.7 Å². The van der Waals surface area contributed by atoms with Crippen molar-refractivity contribution in [1.82, 2.24) is 9.88 Å². The van der Waals surface area contributed by atoms with Crippen molar-refractivity contribution in [3.8, 4) is 0 Å². The topological polar surface area (TPSA) is 79.7 Å². The Kier molecular flexibility index (Phi) is 11.5. The number of hydrogen-bond acceptors (Lipinski definition) is 5. The second-order valence-electron chi connectivity index (χ2n) is 11.7. The zero-order valence-corrected chi connectivity index (χ0v) is 32.4. The molecule has 6 rings (SSSR count). The Labute approximate surface area is 310 Å². The number of aryl methyl sites for hydroxylation is 2. The van der Waals surface area contributed by atoms with Crippen LogP contribution in [0.25, 0.3) is 0 Å². The number of aliphatic hydroxyl groups excluding tert-OH is 1. The summed E-state index contributed by atoms with van der Waals surface area (Å²) in [6.45, 7) is 1.34. The molecule has 1 saturated carbocycles. The summed E-state index contributed by atoms with van der Waals surface area (Å²) in [5.74, 6) is -0.167. The summed E-state index contributed by atoms with van der Waals surface area (Å²) in [5.41, 5.74) is 5.36. The Bertz CT molecular complexity index is 1490. The van der Waals surface area contributed by atoms with Gasteiger partial charge in [0.25, 0.3) is 0 Å². The van der Waals surface area contributed by atoms with Crippen molar-refractivity contribution in [2.75, 3.05) is 13.1 Å². The van der Waals surface area contributed by atoms with Crippen LogP contribution in [0.3, 0.4) is 0 Å². The molecule has 3 aliphatic rings. The first kappa shape index (κ1) is 33.5. The maximum atomic E-state index is 13.6. The summed E-state index contributed by atoms with van der Waals surface area (Å²) in [6.07, 6.45) is 5.36. The first-order chi connectivity index (χ1) is 20.3. The van der Waals surface area contributed by atoms with Crippen molar-refractivity contribution >= 4 is 55.3 Å². The summed E-state index contributed by atoms with van der Waals surface area (Å²) >= 11 is 13.9. The number of rotatable bonds is 4. The summed E-state index contributed by atoms with van der Waals surface area (Å²) < 4.78 is 7.60. The van der Waals surface area contributed by atoms with Gasteiger partial charge in [0.05, 0.1) is 17.4 Å². The van der Waals surface area contributed by atoms with Crippen molar-refractivity contribution in [3.63, 3.8) is 0 Å². The van der Waals surface area contributed by atoms with Gasteiger partial charge in [-0.3, -0.25) is 9.78 Å². The molecule has 2 heterocycles. The minimum absolute atomic E-state index is 0. The van der Waals surface area contributed by atoms with Crippen molar-refractivity contribution in [1.29, 1.82) is 0 Å². The number of likely N-dealkylation sites (tertiary alicyclic amines) is 1. The summed E-state index contributed by atoms with van der Waals surface area (Å²) in [7, 11) is 0. The standard InChI is InChI=1S/C33H33Br2ClN2O4.Ac/c34-24-14-22-7-6-21-15-25(36)17-26(35)29(21)30(31(22)37-18-24)19-10-12-38(13-11-19)32(40)23-8-9-28(27(39)16-23)42-33(41)20-4-2-1-3-5-20;/h1-5,14-15,17-19,23,27-28,30,39H,6-13,16H2;/t23?,27?,28?,30-;/m1./s1. The molecule has 0 spiro atoms. The first-order valence-corrected chi connectivity index (χ1v) is 16.6. The molecule has 1 aromatic heterocycles. The zero-order chi connectivity index (χ0) is 29.4. The molecule has 3 aromatic rings. The fraction of sp³-hybridized carbons (Fsp3) is 0.424. The number of carbonyl (C=O) groups excluding carboxylic acids is 2. The number of fused-ring (bicyclic) bond motifs is 2. The molecule has 10 heteroatoms. The Morgan fingerprint density at radius 3 is 2.42 bits per heavy atom. The van der Waals surface area contributed by atoms with E-state index in [1.807, 2.05) is 23.2 Å². The molecular weight excluding hydrogens is 911 g/mol. The van der Waals surface area contributed by atoms with Crippen LogP contribution in [0.1, 0.15) is 70.8 Å². The summed E-state index contributed by atoms with van der Waals surface area (Å²) in [5, 5.41) is 11.5. The van der Waals surface area contributed by atoms with Gasteiger partial charge in [-0.05, 0) is 114 Å². The van der Waals surface area contributed by atoms with Crippen molar-refractivity contribution < 1.29 is 63.5 Å². The van der Waals surface area contributed by atoms with Crippen molar-refractivity contribution in [2.24, 2.45) is 11.8 Å². The third-order valence-electron chi connectivity index (χ3n) is 9.11. The van der Waals surface area contributed by atoms with Crippen molar-refractivity contribution in [3.05, 3.63) is 96.6 Å². The number of halogens is 3. The number of nitrogens with zero attached hydrogens (tertiary/aromatic N) is 2.